The van der Waals surface area contributed by atoms with Gasteiger partial charge in [0, 0.05) is 29.6 Å². The number of imidazole rings is 1. The lowest BCUT2D eigenvalue weighted by Crippen LogP contribution is -2.28. The van der Waals surface area contributed by atoms with Crippen molar-refractivity contribution in [3.63, 3.8) is 0 Å². The quantitative estimate of drug-likeness (QED) is 0.510. The summed E-state index contributed by atoms with van der Waals surface area (Å²) in [7, 11) is 0. The molecule has 5 heteroatoms. The number of hydrogen-bond acceptors (Lipinski definition) is 4. The number of rotatable bonds is 4. The average Bonchev–Trinajstić information content (AvgIpc) is 3.18. The molecule has 4 heterocycles. The van der Waals surface area contributed by atoms with Crippen LogP contribution in [0.3, 0.4) is 0 Å². The lowest BCUT2D eigenvalue weighted by molar-refractivity contribution is 0.221. The minimum absolute atomic E-state index is 0.854. The maximum atomic E-state index is 4.86. The van der Waals surface area contributed by atoms with Crippen molar-refractivity contribution in [2.24, 2.45) is 0 Å². The Morgan fingerprint density at radius 3 is 2.48 bits per heavy atom. The first-order valence-electron chi connectivity index (χ1n) is 10.4. The molecule has 1 fully saturated rings. The van der Waals surface area contributed by atoms with Gasteiger partial charge in [-0.2, -0.15) is 5.10 Å². The Morgan fingerprint density at radius 2 is 1.69 bits per heavy atom. The van der Waals surface area contributed by atoms with E-state index in [9.17, 15) is 0 Å². The third-order valence-electron chi connectivity index (χ3n) is 5.66. The summed E-state index contributed by atoms with van der Waals surface area (Å²) in [6, 6.07) is 16.9. The Kier molecular flexibility index (Phi) is 4.82. The highest BCUT2D eigenvalue weighted by Crippen LogP contribution is 2.24. The molecular formula is C24H25N5. The van der Waals surface area contributed by atoms with Gasteiger partial charge >= 0.3 is 0 Å². The molecule has 4 aromatic rings. The van der Waals surface area contributed by atoms with Crippen LogP contribution in [0.15, 0.2) is 60.9 Å². The van der Waals surface area contributed by atoms with Crippen LogP contribution in [0.4, 0.5) is 0 Å². The number of pyridine rings is 1. The van der Waals surface area contributed by atoms with Crippen LogP contribution in [-0.2, 0) is 6.54 Å². The summed E-state index contributed by atoms with van der Waals surface area (Å²) in [6.07, 6.45) is 7.75. The third kappa shape index (κ3) is 3.78. The predicted octanol–water partition coefficient (Wildman–Crippen LogP) is 4.75. The van der Waals surface area contributed by atoms with Crippen LogP contribution in [0, 0.1) is 6.92 Å². The Balaban J connectivity index is 1.44. The van der Waals surface area contributed by atoms with E-state index in [1.807, 2.05) is 42.0 Å². The third-order valence-corrected chi connectivity index (χ3v) is 5.66. The molecule has 0 radical (unpaired) electrons. The molecule has 0 atom stereocenters. The molecular weight excluding hydrogens is 358 g/mol. The molecule has 1 aromatic carbocycles. The largest absolute Gasteiger partial charge is 0.299 e. The van der Waals surface area contributed by atoms with Crippen molar-refractivity contribution in [2.45, 2.75) is 32.7 Å². The number of aromatic nitrogens is 4. The summed E-state index contributed by atoms with van der Waals surface area (Å²) < 4.78 is 1.94. The molecule has 3 aromatic heterocycles. The first kappa shape index (κ1) is 18.0. The van der Waals surface area contributed by atoms with Crippen LogP contribution in [0.25, 0.3) is 28.2 Å². The molecule has 1 aliphatic heterocycles. The lowest BCUT2D eigenvalue weighted by atomic mass is 10.1. The van der Waals surface area contributed by atoms with Crippen molar-refractivity contribution in [3.05, 3.63) is 72.2 Å². The molecule has 1 saturated heterocycles. The molecule has 1 aliphatic rings. The van der Waals surface area contributed by atoms with E-state index in [1.165, 1.54) is 37.9 Å². The van der Waals surface area contributed by atoms with Gasteiger partial charge in [0.25, 0.3) is 0 Å². The summed E-state index contributed by atoms with van der Waals surface area (Å²) in [5.41, 5.74) is 7.34. The van der Waals surface area contributed by atoms with E-state index in [4.69, 9.17) is 5.10 Å². The lowest BCUT2D eigenvalue weighted by Gasteiger charge is -2.26. The van der Waals surface area contributed by atoms with Crippen LogP contribution in [0.1, 0.15) is 30.5 Å². The molecule has 0 unspecified atom stereocenters. The highest BCUT2D eigenvalue weighted by atomic mass is 15.3. The average molecular weight is 383 g/mol. The maximum absolute atomic E-state index is 4.86. The predicted molar refractivity (Wildman–Crippen MR) is 116 cm³/mol. The van der Waals surface area contributed by atoms with Gasteiger partial charge in [-0.3, -0.25) is 9.88 Å². The summed E-state index contributed by atoms with van der Waals surface area (Å²) in [5.74, 6) is 0. The molecule has 146 valence electrons. The first-order valence-corrected chi connectivity index (χ1v) is 10.4. The highest BCUT2D eigenvalue weighted by Gasteiger charge is 2.12. The zero-order valence-corrected chi connectivity index (χ0v) is 16.8. The van der Waals surface area contributed by atoms with E-state index in [1.54, 1.807) is 0 Å². The van der Waals surface area contributed by atoms with Gasteiger partial charge < -0.3 is 0 Å². The standard InChI is InChI=1S/C24H25N5/c1-18-15-21(11-12-25-18)22-9-10-24-26-16-23(29(24)27-22)20-7-5-19(6-8-20)17-28-13-3-2-4-14-28/h5-12,15-16H,2-4,13-14,17H2,1H3. The van der Waals surface area contributed by atoms with Gasteiger partial charge in [0.05, 0.1) is 17.6 Å². The number of nitrogens with zero attached hydrogens (tertiary/aromatic N) is 5. The fourth-order valence-corrected chi connectivity index (χ4v) is 4.09. The van der Waals surface area contributed by atoms with Crippen molar-refractivity contribution >= 4 is 5.65 Å². The van der Waals surface area contributed by atoms with Crippen LogP contribution < -0.4 is 0 Å². The SMILES string of the molecule is Cc1cc(-c2ccc3ncc(-c4ccc(CN5CCCCC5)cc4)n3n2)ccn1. The topological polar surface area (TPSA) is 46.3 Å². The number of piperidine rings is 1. The molecule has 0 spiro atoms. The van der Waals surface area contributed by atoms with Crippen molar-refractivity contribution in [1.29, 1.82) is 0 Å². The number of hydrogen-bond donors (Lipinski definition) is 0. The Hall–Kier alpha value is -3.05. The van der Waals surface area contributed by atoms with E-state index in [0.717, 1.165) is 40.4 Å². The second kappa shape index (κ2) is 7.76. The summed E-state index contributed by atoms with van der Waals surface area (Å²) >= 11 is 0. The van der Waals surface area contributed by atoms with E-state index >= 15 is 0 Å². The van der Waals surface area contributed by atoms with Gasteiger partial charge in [-0.1, -0.05) is 30.7 Å². The molecule has 5 nitrogen and oxygen atoms in total. The van der Waals surface area contributed by atoms with Gasteiger partial charge in [-0.15, -0.1) is 0 Å². The second-order valence-electron chi connectivity index (χ2n) is 7.85. The first-order chi connectivity index (χ1) is 14.3. The molecule has 5 rings (SSSR count). The Labute approximate surface area is 171 Å². The normalized spacial score (nSPS) is 15.1. The van der Waals surface area contributed by atoms with Crippen LogP contribution >= 0.6 is 0 Å². The zero-order chi connectivity index (χ0) is 19.6. The van der Waals surface area contributed by atoms with Gasteiger partial charge in [0.2, 0.25) is 0 Å². The minimum atomic E-state index is 0.854. The van der Waals surface area contributed by atoms with Crippen molar-refractivity contribution in [2.75, 3.05) is 13.1 Å². The smallest absolute Gasteiger partial charge is 0.154 e. The van der Waals surface area contributed by atoms with Crippen molar-refractivity contribution < 1.29 is 0 Å². The number of benzene rings is 1. The van der Waals surface area contributed by atoms with E-state index < -0.39 is 0 Å². The van der Waals surface area contributed by atoms with Crippen LogP contribution in [0.5, 0.6) is 0 Å². The fourth-order valence-electron chi connectivity index (χ4n) is 4.09. The monoisotopic (exact) mass is 383 g/mol. The van der Waals surface area contributed by atoms with E-state index in [0.29, 0.717) is 0 Å². The Morgan fingerprint density at radius 1 is 0.862 bits per heavy atom. The molecule has 0 saturated carbocycles. The van der Waals surface area contributed by atoms with E-state index in [-0.39, 0.29) is 0 Å². The molecule has 0 amide bonds. The van der Waals surface area contributed by atoms with Gasteiger partial charge in [-0.05, 0) is 62.7 Å². The van der Waals surface area contributed by atoms with Crippen molar-refractivity contribution in [1.82, 2.24) is 24.5 Å². The van der Waals surface area contributed by atoms with Crippen LogP contribution in [0.2, 0.25) is 0 Å². The fraction of sp³-hybridized carbons (Fsp3) is 0.292. The number of likely N-dealkylation sites (tertiary alicyclic amines) is 1. The van der Waals surface area contributed by atoms with Crippen LogP contribution in [-0.4, -0.2) is 37.6 Å². The second-order valence-corrected chi connectivity index (χ2v) is 7.85. The number of aryl methyl sites for hydroxylation is 1. The molecule has 0 bridgehead atoms. The molecule has 0 N–H and O–H groups in total. The highest BCUT2D eigenvalue weighted by molar-refractivity contribution is 5.66. The molecule has 29 heavy (non-hydrogen) atoms. The minimum Gasteiger partial charge on any atom is -0.299 e. The summed E-state index contributed by atoms with van der Waals surface area (Å²) in [6.45, 7) is 5.47. The summed E-state index contributed by atoms with van der Waals surface area (Å²) in [4.78, 5) is 11.4. The van der Waals surface area contributed by atoms with E-state index in [2.05, 4.69) is 45.2 Å². The van der Waals surface area contributed by atoms with Gasteiger partial charge in [-0.25, -0.2) is 9.50 Å². The Bertz CT molecular complexity index is 1120. The maximum Gasteiger partial charge on any atom is 0.154 e. The van der Waals surface area contributed by atoms with Crippen molar-refractivity contribution in [3.8, 4) is 22.5 Å². The molecule has 0 aliphatic carbocycles. The number of fused-ring (bicyclic) bond motifs is 1. The summed E-state index contributed by atoms with van der Waals surface area (Å²) in [5, 5.41) is 4.86. The van der Waals surface area contributed by atoms with Gasteiger partial charge in [0.15, 0.2) is 5.65 Å². The van der Waals surface area contributed by atoms with Gasteiger partial charge in [0.1, 0.15) is 0 Å². The zero-order valence-electron chi connectivity index (χ0n) is 16.8.